The van der Waals surface area contributed by atoms with Crippen molar-refractivity contribution >= 4 is 40.1 Å². The van der Waals surface area contributed by atoms with Crippen LogP contribution in [0.3, 0.4) is 0 Å². The van der Waals surface area contributed by atoms with Gasteiger partial charge in [0.15, 0.2) is 5.69 Å². The number of hydrogen-bond acceptors (Lipinski definition) is 7. The van der Waals surface area contributed by atoms with Gasteiger partial charge >= 0.3 is 18.2 Å². The number of fused-ring (bicyclic) bond motifs is 1. The Kier molecular flexibility index (Phi) is 8.14. The first-order valence-electron chi connectivity index (χ1n) is 12.2. The molecule has 4 rings (SSSR count). The van der Waals surface area contributed by atoms with Crippen LogP contribution in [0.4, 0.5) is 23.8 Å². The fourth-order valence-electron chi connectivity index (χ4n) is 4.31. The highest BCUT2D eigenvalue weighted by Crippen LogP contribution is 2.39. The van der Waals surface area contributed by atoms with E-state index in [2.05, 4.69) is 27.2 Å². The average molecular weight is 588 g/mol. The van der Waals surface area contributed by atoms with Crippen LogP contribution < -0.4 is 16.1 Å². The molecular weight excluding hydrogens is 563 g/mol. The van der Waals surface area contributed by atoms with Crippen molar-refractivity contribution in [1.82, 2.24) is 19.9 Å². The lowest BCUT2D eigenvalue weighted by molar-refractivity contribution is -0.140. The number of anilines is 1. The Labute approximate surface area is 234 Å². The van der Waals surface area contributed by atoms with Gasteiger partial charge in [-0.25, -0.2) is 19.6 Å². The number of aliphatic hydroxyl groups excluding tert-OH is 1. The van der Waals surface area contributed by atoms with Crippen LogP contribution >= 0.6 is 11.3 Å². The van der Waals surface area contributed by atoms with Crippen molar-refractivity contribution in [3.05, 3.63) is 75.9 Å². The first-order valence-corrected chi connectivity index (χ1v) is 13.1. The number of benzene rings is 1. The maximum atomic E-state index is 13.3. The summed E-state index contributed by atoms with van der Waals surface area (Å²) in [5.41, 5.74) is -1.32. The maximum absolute atomic E-state index is 13.3. The van der Waals surface area contributed by atoms with Crippen LogP contribution in [0.15, 0.2) is 59.2 Å². The van der Waals surface area contributed by atoms with E-state index < -0.39 is 40.9 Å². The number of carboxylic acids is 1. The van der Waals surface area contributed by atoms with E-state index in [1.807, 2.05) is 0 Å². The zero-order chi connectivity index (χ0) is 30.1. The summed E-state index contributed by atoms with van der Waals surface area (Å²) in [5.74, 6) is -1.66. The summed E-state index contributed by atoms with van der Waals surface area (Å²) < 4.78 is 41.5. The lowest BCUT2D eigenvalue weighted by Gasteiger charge is -2.21. The molecule has 0 aliphatic carbocycles. The average Bonchev–Trinajstić information content (AvgIpc) is 3.41. The molecule has 4 N–H and O–H groups in total. The third-order valence-electron chi connectivity index (χ3n) is 6.19. The van der Waals surface area contributed by atoms with E-state index in [1.165, 1.54) is 29.0 Å². The molecular formula is C27H24F3N5O5S. The highest BCUT2D eigenvalue weighted by molar-refractivity contribution is 7.13. The number of carbonyl (C=O) groups is 2. The number of aromatic nitrogens is 3. The fraction of sp³-hybridized carbons (Fsp3) is 0.222. The zero-order valence-corrected chi connectivity index (χ0v) is 22.6. The van der Waals surface area contributed by atoms with Crippen LogP contribution in [0.5, 0.6) is 0 Å². The molecule has 0 aliphatic rings. The number of halogens is 3. The lowest BCUT2D eigenvalue weighted by Crippen LogP contribution is -2.28. The number of amides is 2. The van der Waals surface area contributed by atoms with Crippen LogP contribution in [0.1, 0.15) is 42.4 Å². The first-order chi connectivity index (χ1) is 19.3. The van der Waals surface area contributed by atoms with Gasteiger partial charge in [0.1, 0.15) is 22.1 Å². The minimum atomic E-state index is -4.68. The van der Waals surface area contributed by atoms with Crippen LogP contribution in [0.2, 0.25) is 0 Å². The number of carbonyl (C=O) groups excluding carboxylic acids is 1. The molecule has 14 heteroatoms. The van der Waals surface area contributed by atoms with Crippen LogP contribution in [0, 0.1) is 0 Å². The summed E-state index contributed by atoms with van der Waals surface area (Å²) in [4.78, 5) is 45.1. The second-order valence-corrected chi connectivity index (χ2v) is 9.72. The summed E-state index contributed by atoms with van der Waals surface area (Å²) in [6.07, 6.45) is -1.88. The van der Waals surface area contributed by atoms with Crippen molar-refractivity contribution in [2.75, 3.05) is 11.9 Å². The Morgan fingerprint density at radius 2 is 1.90 bits per heavy atom. The van der Waals surface area contributed by atoms with Gasteiger partial charge in [-0.3, -0.25) is 10.1 Å². The normalized spacial score (nSPS) is 12.2. The van der Waals surface area contributed by atoms with Crippen molar-refractivity contribution in [2.45, 2.75) is 32.5 Å². The molecule has 10 nitrogen and oxygen atoms in total. The first kappa shape index (κ1) is 29.3. The molecule has 0 saturated heterocycles. The van der Waals surface area contributed by atoms with Crippen molar-refractivity contribution in [2.24, 2.45) is 0 Å². The Morgan fingerprint density at radius 1 is 1.17 bits per heavy atom. The number of aromatic carboxylic acids is 1. The molecule has 1 atom stereocenters. The smallest absolute Gasteiger partial charge is 0.434 e. The van der Waals surface area contributed by atoms with Crippen molar-refractivity contribution in [3.8, 4) is 21.7 Å². The quantitative estimate of drug-likeness (QED) is 0.183. The summed E-state index contributed by atoms with van der Waals surface area (Å²) in [6.45, 7) is 7.34. The number of urea groups is 1. The van der Waals surface area contributed by atoms with Gasteiger partial charge in [-0.15, -0.1) is 11.3 Å². The molecule has 2 amide bonds. The third kappa shape index (κ3) is 5.91. The third-order valence-corrected chi connectivity index (χ3v) is 7.06. The summed E-state index contributed by atoms with van der Waals surface area (Å²) in [5, 5.41) is 25.7. The number of allylic oxidation sites excluding steroid dienone is 1. The molecule has 0 aliphatic heterocycles. The Bertz CT molecular complexity index is 1730. The number of pyridine rings is 2. The predicted molar refractivity (Wildman–Crippen MR) is 148 cm³/mol. The SMILES string of the molecule is C=C(O)[C@H](CC)n1cc(C(=O)O)c(=O)c2cc(-c3cnc(NC(=O)NCC)cc3-c3nc(C(F)(F)F)cs3)ccc21. The number of nitrogens with zero attached hydrogens (tertiary/aromatic N) is 3. The van der Waals surface area contributed by atoms with E-state index in [-0.39, 0.29) is 33.1 Å². The van der Waals surface area contributed by atoms with Gasteiger partial charge in [0.25, 0.3) is 0 Å². The Morgan fingerprint density at radius 3 is 2.49 bits per heavy atom. The topological polar surface area (TPSA) is 146 Å². The van der Waals surface area contributed by atoms with E-state index in [4.69, 9.17) is 0 Å². The summed E-state index contributed by atoms with van der Waals surface area (Å²) in [6, 6.07) is 4.59. The second kappa shape index (κ2) is 11.4. The van der Waals surface area contributed by atoms with Crippen molar-refractivity contribution in [1.29, 1.82) is 0 Å². The van der Waals surface area contributed by atoms with Gasteiger partial charge in [-0.1, -0.05) is 19.6 Å². The highest BCUT2D eigenvalue weighted by Gasteiger charge is 2.34. The summed E-state index contributed by atoms with van der Waals surface area (Å²) in [7, 11) is 0. The van der Waals surface area contributed by atoms with Crippen LogP contribution in [0.25, 0.3) is 32.6 Å². The number of alkyl halides is 3. The molecule has 1 aromatic carbocycles. The number of hydrogen-bond donors (Lipinski definition) is 4. The van der Waals surface area contributed by atoms with Gasteiger partial charge < -0.3 is 20.1 Å². The molecule has 41 heavy (non-hydrogen) atoms. The van der Waals surface area contributed by atoms with Gasteiger partial charge in [0.2, 0.25) is 5.43 Å². The summed E-state index contributed by atoms with van der Waals surface area (Å²) >= 11 is 0.734. The number of thiazole rings is 1. The fourth-order valence-corrected chi connectivity index (χ4v) is 5.16. The largest absolute Gasteiger partial charge is 0.511 e. The Balaban J connectivity index is 1.97. The van der Waals surface area contributed by atoms with Crippen molar-refractivity contribution < 1.29 is 33.0 Å². The standard InChI is InChI=1S/C27H24F3N5O5S/c1-4-19(13(3)36)35-11-18(25(38)39)23(37)16-8-14(6-7-20(16)35)17-10-32-22(34-26(40)31-5-2)9-15(17)24-33-21(12-41-24)27(28,29)30/h6-12,19,36H,3-5H2,1-2H3,(H,38,39)(H2,31,32,34,40)/t19-/m0/s1. The molecule has 0 spiro atoms. The Hall–Kier alpha value is -4.72. The second-order valence-electron chi connectivity index (χ2n) is 8.87. The van der Waals surface area contributed by atoms with E-state index in [1.54, 1.807) is 19.9 Å². The molecule has 3 heterocycles. The number of nitrogens with one attached hydrogen (secondary N) is 2. The monoisotopic (exact) mass is 587 g/mol. The van der Waals surface area contributed by atoms with E-state index in [0.717, 1.165) is 22.9 Å². The minimum Gasteiger partial charge on any atom is -0.511 e. The van der Waals surface area contributed by atoms with E-state index >= 15 is 0 Å². The van der Waals surface area contributed by atoms with Gasteiger partial charge in [0.05, 0.1) is 11.6 Å². The number of carboxylic acid groups (broad SMARTS) is 1. The molecule has 0 radical (unpaired) electrons. The molecule has 0 saturated carbocycles. The molecule has 4 aromatic rings. The lowest BCUT2D eigenvalue weighted by atomic mass is 9.98. The molecule has 0 fully saturated rings. The highest BCUT2D eigenvalue weighted by atomic mass is 32.1. The van der Waals surface area contributed by atoms with Crippen LogP contribution in [-0.4, -0.2) is 43.3 Å². The zero-order valence-electron chi connectivity index (χ0n) is 21.7. The van der Waals surface area contributed by atoms with E-state index in [9.17, 15) is 37.8 Å². The van der Waals surface area contributed by atoms with Gasteiger partial charge in [0, 0.05) is 40.8 Å². The molecule has 3 aromatic heterocycles. The van der Waals surface area contributed by atoms with E-state index in [0.29, 0.717) is 24.0 Å². The molecule has 214 valence electrons. The number of aliphatic hydroxyl groups is 1. The predicted octanol–water partition coefficient (Wildman–Crippen LogP) is 6.07. The minimum absolute atomic E-state index is 0.00676. The molecule has 0 unspecified atom stereocenters. The maximum Gasteiger partial charge on any atom is 0.434 e. The number of rotatable bonds is 8. The molecule has 0 bridgehead atoms. The van der Waals surface area contributed by atoms with Gasteiger partial charge in [-0.05, 0) is 37.1 Å². The van der Waals surface area contributed by atoms with Gasteiger partial charge in [-0.2, -0.15) is 13.2 Å². The van der Waals surface area contributed by atoms with Crippen LogP contribution in [-0.2, 0) is 6.18 Å². The van der Waals surface area contributed by atoms with Crippen molar-refractivity contribution in [3.63, 3.8) is 0 Å².